The zero-order valence-corrected chi connectivity index (χ0v) is 38.1. The van der Waals surface area contributed by atoms with Gasteiger partial charge in [-0.05, 0) is 146 Å². The summed E-state index contributed by atoms with van der Waals surface area (Å²) in [7, 11) is 0. The Kier molecular flexibility index (Phi) is 8.97. The van der Waals surface area contributed by atoms with Gasteiger partial charge in [-0.3, -0.25) is 0 Å². The lowest BCUT2D eigenvalue weighted by molar-refractivity contribution is 0.797. The zero-order chi connectivity index (χ0) is 45.5. The molecule has 0 aliphatic heterocycles. The van der Waals surface area contributed by atoms with E-state index in [-0.39, 0.29) is 0 Å². The first-order chi connectivity index (χ1) is 34.2. The molecule has 14 rings (SSSR count). The number of anilines is 3. The lowest BCUT2D eigenvalue weighted by atomic mass is 9.70. The molecule has 1 spiro atoms. The third kappa shape index (κ3) is 5.98. The lowest BCUT2D eigenvalue weighted by Gasteiger charge is -2.31. The van der Waals surface area contributed by atoms with E-state index >= 15 is 0 Å². The van der Waals surface area contributed by atoms with E-state index in [1.54, 1.807) is 0 Å². The highest BCUT2D eigenvalue weighted by Gasteiger charge is 2.53. The van der Waals surface area contributed by atoms with E-state index in [1.165, 1.54) is 99.7 Å². The van der Waals surface area contributed by atoms with Gasteiger partial charge in [0.2, 0.25) is 0 Å². The fourth-order valence-corrected chi connectivity index (χ4v) is 12.0. The van der Waals surface area contributed by atoms with Gasteiger partial charge in [-0.1, -0.05) is 194 Å². The largest absolute Gasteiger partial charge is 0.311 e. The van der Waals surface area contributed by atoms with Crippen LogP contribution in [0.5, 0.6) is 0 Å². The van der Waals surface area contributed by atoms with E-state index in [0.717, 1.165) is 35.6 Å². The van der Waals surface area contributed by atoms with E-state index in [0.29, 0.717) is 0 Å². The van der Waals surface area contributed by atoms with Crippen molar-refractivity contribution in [2.45, 2.75) is 18.3 Å². The van der Waals surface area contributed by atoms with Gasteiger partial charge >= 0.3 is 0 Å². The number of allylic oxidation sites excluding steroid dienone is 4. The molecule has 3 aliphatic carbocycles. The Morgan fingerprint density at radius 1 is 0.377 bits per heavy atom. The Balaban J connectivity index is 0.926. The Labute approximate surface area is 403 Å². The van der Waals surface area contributed by atoms with Gasteiger partial charge in [0.1, 0.15) is 0 Å². The van der Waals surface area contributed by atoms with Crippen LogP contribution in [0, 0.1) is 0 Å². The van der Waals surface area contributed by atoms with Crippen molar-refractivity contribution in [3.05, 3.63) is 283 Å². The first-order valence-electron chi connectivity index (χ1n) is 24.2. The van der Waals surface area contributed by atoms with Gasteiger partial charge in [-0.25, -0.2) is 0 Å². The summed E-state index contributed by atoms with van der Waals surface area (Å²) in [6.07, 6.45) is 9.07. The number of hydrogen-bond acceptors (Lipinski definition) is 1. The zero-order valence-electron chi connectivity index (χ0n) is 38.1. The third-order valence-corrected chi connectivity index (χ3v) is 15.0. The molecule has 0 radical (unpaired) electrons. The van der Waals surface area contributed by atoms with Crippen LogP contribution in [0.2, 0.25) is 0 Å². The molecule has 0 unspecified atom stereocenters. The number of fused-ring (bicyclic) bond motifs is 14. The average Bonchev–Trinajstić information content (AvgIpc) is 4.04. The van der Waals surface area contributed by atoms with Crippen molar-refractivity contribution in [1.82, 2.24) is 4.57 Å². The normalized spacial score (nSPS) is 13.8. The molecule has 0 N–H and O–H groups in total. The topological polar surface area (TPSA) is 8.17 Å². The Morgan fingerprint density at radius 3 is 1.45 bits per heavy atom. The number of aromatic nitrogens is 1. The molecule has 0 amide bonds. The van der Waals surface area contributed by atoms with Gasteiger partial charge in [0.05, 0.1) is 16.4 Å². The average molecular weight is 879 g/mol. The second-order valence-corrected chi connectivity index (χ2v) is 18.7. The molecular weight excluding hydrogens is 833 g/mol. The number of para-hydroxylation sites is 1. The molecule has 0 atom stereocenters. The van der Waals surface area contributed by atoms with Crippen molar-refractivity contribution in [3.8, 4) is 50.2 Å². The molecule has 69 heavy (non-hydrogen) atoms. The van der Waals surface area contributed by atoms with Crippen LogP contribution in [-0.2, 0) is 5.41 Å². The SMILES string of the molecule is C1=CC(c2ccc(N(c3ccc(-c4ccccc4)cc3)c3ccc(-c4ccc5c(c4)c4ccc6c(c4n5-c4ccccc4)C4(c5ccccc5-c5ccccc54)c4ccccc4-6)cc3)cc2)=CCC1. The van der Waals surface area contributed by atoms with Crippen molar-refractivity contribution >= 4 is 44.4 Å². The minimum Gasteiger partial charge on any atom is -0.311 e. The highest BCUT2D eigenvalue weighted by Crippen LogP contribution is 2.64. The minimum absolute atomic E-state index is 0.476. The summed E-state index contributed by atoms with van der Waals surface area (Å²) in [5, 5.41) is 2.50. The van der Waals surface area contributed by atoms with Crippen LogP contribution >= 0.6 is 0 Å². The first kappa shape index (κ1) is 39.4. The standard InChI is InChI=1S/C67H46N2/c1-4-16-45(17-5-1)47-28-35-52(36-29-47)68(53-37-30-48(31-38-53)46-18-6-2-7-19-46)54-39-32-49(33-40-54)50-34-43-64-60(44-50)59-42-41-58-57-24-12-15-27-63(57)67(65(58)66(59)69(64)51-20-8-3-9-21-51)61-25-13-10-22-55(61)56-23-11-14-26-62(56)67/h1,3-6,8-44H,2,7H2. The summed E-state index contributed by atoms with van der Waals surface area (Å²) in [6, 6.07) is 88.0. The fraction of sp³-hybridized carbons (Fsp3) is 0.0448. The van der Waals surface area contributed by atoms with Crippen molar-refractivity contribution < 1.29 is 0 Å². The monoisotopic (exact) mass is 878 g/mol. The van der Waals surface area contributed by atoms with Gasteiger partial charge in [-0.2, -0.15) is 0 Å². The molecule has 2 nitrogen and oxygen atoms in total. The summed E-state index contributed by atoms with van der Waals surface area (Å²) >= 11 is 0. The summed E-state index contributed by atoms with van der Waals surface area (Å²) < 4.78 is 2.54. The molecule has 1 aromatic heterocycles. The van der Waals surface area contributed by atoms with E-state index in [9.17, 15) is 0 Å². The molecule has 0 fully saturated rings. The van der Waals surface area contributed by atoms with Crippen LogP contribution in [0.4, 0.5) is 17.1 Å². The summed E-state index contributed by atoms with van der Waals surface area (Å²) in [4.78, 5) is 2.37. The van der Waals surface area contributed by atoms with Crippen molar-refractivity contribution in [1.29, 1.82) is 0 Å². The maximum absolute atomic E-state index is 2.54. The van der Waals surface area contributed by atoms with E-state index in [2.05, 4.69) is 264 Å². The maximum Gasteiger partial charge on any atom is 0.0746 e. The summed E-state index contributed by atoms with van der Waals surface area (Å²) in [6.45, 7) is 0. The molecule has 1 heterocycles. The van der Waals surface area contributed by atoms with Crippen molar-refractivity contribution in [2.75, 3.05) is 4.90 Å². The molecule has 3 aliphatic rings. The molecule has 0 saturated heterocycles. The number of hydrogen-bond donors (Lipinski definition) is 0. The van der Waals surface area contributed by atoms with Crippen molar-refractivity contribution in [2.24, 2.45) is 0 Å². The molecule has 2 heteroatoms. The molecule has 0 saturated carbocycles. The quantitative estimate of drug-likeness (QED) is 0.155. The number of nitrogens with zero attached hydrogens (tertiary/aromatic N) is 2. The molecule has 324 valence electrons. The van der Waals surface area contributed by atoms with E-state index in [4.69, 9.17) is 0 Å². The highest BCUT2D eigenvalue weighted by molar-refractivity contribution is 6.15. The first-order valence-corrected chi connectivity index (χ1v) is 24.2. The predicted octanol–water partition coefficient (Wildman–Crippen LogP) is 17.7. The summed E-state index contributed by atoms with van der Waals surface area (Å²) in [5.41, 5.74) is 24.5. The van der Waals surface area contributed by atoms with Gasteiger partial charge in [0, 0.05) is 39.1 Å². The van der Waals surface area contributed by atoms with E-state index in [1.807, 2.05) is 0 Å². The van der Waals surface area contributed by atoms with Crippen LogP contribution < -0.4 is 4.90 Å². The molecular formula is C67H46N2. The van der Waals surface area contributed by atoms with Gasteiger partial charge in [0.15, 0.2) is 0 Å². The second kappa shape index (κ2) is 15.7. The smallest absolute Gasteiger partial charge is 0.0746 e. The van der Waals surface area contributed by atoms with Gasteiger partial charge in [-0.15, -0.1) is 0 Å². The van der Waals surface area contributed by atoms with Crippen LogP contribution in [0.15, 0.2) is 255 Å². The Bertz CT molecular complexity index is 3790. The molecule has 11 aromatic rings. The second-order valence-electron chi connectivity index (χ2n) is 18.7. The Hall–Kier alpha value is -8.72. The fourth-order valence-electron chi connectivity index (χ4n) is 12.0. The minimum atomic E-state index is -0.476. The Morgan fingerprint density at radius 2 is 0.870 bits per heavy atom. The predicted molar refractivity (Wildman–Crippen MR) is 289 cm³/mol. The van der Waals surface area contributed by atoms with Crippen LogP contribution in [0.3, 0.4) is 0 Å². The van der Waals surface area contributed by atoms with Crippen LogP contribution in [0.25, 0.3) is 77.6 Å². The van der Waals surface area contributed by atoms with Gasteiger partial charge < -0.3 is 9.47 Å². The lowest BCUT2D eigenvalue weighted by Crippen LogP contribution is -2.26. The molecule has 10 aromatic carbocycles. The highest BCUT2D eigenvalue weighted by atomic mass is 15.1. The third-order valence-electron chi connectivity index (χ3n) is 15.0. The number of benzene rings is 10. The van der Waals surface area contributed by atoms with Crippen molar-refractivity contribution in [3.63, 3.8) is 0 Å². The summed E-state index contributed by atoms with van der Waals surface area (Å²) in [5.74, 6) is 0. The van der Waals surface area contributed by atoms with Gasteiger partial charge in [0.25, 0.3) is 0 Å². The number of rotatable bonds is 7. The van der Waals surface area contributed by atoms with Crippen LogP contribution in [0.1, 0.15) is 40.7 Å². The van der Waals surface area contributed by atoms with Crippen LogP contribution in [-0.4, -0.2) is 4.57 Å². The molecule has 0 bridgehead atoms. The maximum atomic E-state index is 2.54. The van der Waals surface area contributed by atoms with E-state index < -0.39 is 5.41 Å².